The molecule has 2 rings (SSSR count). The van der Waals surface area contributed by atoms with Gasteiger partial charge in [0.25, 0.3) is 0 Å². The summed E-state index contributed by atoms with van der Waals surface area (Å²) in [6.45, 7) is 1.45. The van der Waals surface area contributed by atoms with Gasteiger partial charge in [-0.15, -0.1) is 0 Å². The fourth-order valence-electron chi connectivity index (χ4n) is 2.84. The number of ether oxygens (including phenoxy) is 1. The van der Waals surface area contributed by atoms with Crippen molar-refractivity contribution in [3.8, 4) is 0 Å². The van der Waals surface area contributed by atoms with Crippen LogP contribution < -0.4 is 0 Å². The average Bonchev–Trinajstić information content (AvgIpc) is 3.12. The number of epoxide rings is 1. The Morgan fingerprint density at radius 1 is 1.42 bits per heavy atom. The summed E-state index contributed by atoms with van der Waals surface area (Å²) >= 11 is 0. The topological polar surface area (TPSA) is 130 Å². The van der Waals surface area contributed by atoms with Crippen molar-refractivity contribution in [2.24, 2.45) is 11.3 Å². The van der Waals surface area contributed by atoms with Crippen LogP contribution in [-0.4, -0.2) is 45.3 Å². The van der Waals surface area contributed by atoms with Gasteiger partial charge in [0.15, 0.2) is 0 Å². The molecule has 2 aliphatic rings. The minimum Gasteiger partial charge on any atom is -0.481 e. The largest absolute Gasteiger partial charge is 0.481 e. The first kappa shape index (κ1) is 13.5. The van der Waals surface area contributed by atoms with E-state index in [-0.39, 0.29) is 13.0 Å². The molecule has 0 spiro atoms. The van der Waals surface area contributed by atoms with Crippen LogP contribution in [0, 0.1) is 21.4 Å². The molecule has 0 saturated carbocycles. The number of rotatable bonds is 4. The summed E-state index contributed by atoms with van der Waals surface area (Å²) in [5.74, 6) is -4.14. The van der Waals surface area contributed by atoms with Crippen LogP contribution in [0.4, 0.5) is 0 Å². The van der Waals surface area contributed by atoms with Crippen molar-refractivity contribution in [3.63, 3.8) is 0 Å². The summed E-state index contributed by atoms with van der Waals surface area (Å²) in [5.41, 5.74) is -4.00. The zero-order valence-corrected chi connectivity index (χ0v) is 10.1. The Morgan fingerprint density at radius 2 is 2.00 bits per heavy atom. The van der Waals surface area contributed by atoms with Crippen LogP contribution in [0.25, 0.3) is 0 Å². The van der Waals surface area contributed by atoms with E-state index in [1.807, 2.05) is 0 Å². The smallest absolute Gasteiger partial charge is 0.383 e. The fourth-order valence-corrected chi connectivity index (χ4v) is 2.84. The van der Waals surface area contributed by atoms with Gasteiger partial charge >= 0.3 is 17.5 Å². The zero-order valence-electron chi connectivity index (χ0n) is 10.1. The molecule has 2 N–H and O–H groups in total. The summed E-state index contributed by atoms with van der Waals surface area (Å²) in [5, 5.41) is 29.9. The van der Waals surface area contributed by atoms with E-state index >= 15 is 0 Å². The summed E-state index contributed by atoms with van der Waals surface area (Å²) in [6.07, 6.45) is 1.54. The van der Waals surface area contributed by atoms with E-state index in [2.05, 4.69) is 0 Å². The lowest BCUT2D eigenvalue weighted by molar-refractivity contribution is -0.568. The zero-order chi connectivity index (χ0) is 14.4. The maximum Gasteiger partial charge on any atom is 0.383 e. The van der Waals surface area contributed by atoms with Crippen molar-refractivity contribution in [2.45, 2.75) is 25.0 Å². The molecule has 1 aliphatic heterocycles. The van der Waals surface area contributed by atoms with Crippen LogP contribution in [0.1, 0.15) is 13.3 Å². The number of nitrogens with zero attached hydrogens (tertiary/aromatic N) is 1. The molecule has 19 heavy (non-hydrogen) atoms. The minimum atomic E-state index is -2.33. The molecule has 1 saturated heterocycles. The SMILES string of the molecule is CC1C(C(=O)O)([N+](=O)[O-])CC=C[C@]1(C(=O)O)C1CO1. The number of carbonyl (C=O) groups is 2. The summed E-state index contributed by atoms with van der Waals surface area (Å²) in [7, 11) is 0. The van der Waals surface area contributed by atoms with Gasteiger partial charge in [-0.25, -0.2) is 4.79 Å². The third-order valence-corrected chi connectivity index (χ3v) is 4.19. The van der Waals surface area contributed by atoms with Gasteiger partial charge < -0.3 is 14.9 Å². The van der Waals surface area contributed by atoms with Gasteiger partial charge in [0.05, 0.1) is 12.5 Å². The van der Waals surface area contributed by atoms with E-state index in [4.69, 9.17) is 4.74 Å². The molecular formula is C11H13NO7. The number of hydrogen-bond acceptors (Lipinski definition) is 5. The van der Waals surface area contributed by atoms with Crippen molar-refractivity contribution in [3.05, 3.63) is 22.3 Å². The van der Waals surface area contributed by atoms with Crippen LogP contribution in [0.5, 0.6) is 0 Å². The first-order valence-electron chi connectivity index (χ1n) is 5.70. The molecule has 1 aliphatic carbocycles. The molecule has 0 amide bonds. The van der Waals surface area contributed by atoms with E-state index in [1.54, 1.807) is 0 Å². The number of aliphatic carboxylic acids is 2. The standard InChI is InChI=1S/C11H13NO7/c1-6-10(8(13)14,7-5-19-7)3-2-4-11(6,9(15)16)12(17)18/h2-3,6-7H,4-5H2,1H3,(H,13,14)(H,15,16)/t6?,7?,10-,11?/m1/s1. The van der Waals surface area contributed by atoms with E-state index < -0.39 is 39.8 Å². The Labute approximate surface area is 107 Å². The quantitative estimate of drug-likeness (QED) is 0.322. The van der Waals surface area contributed by atoms with E-state index in [9.17, 15) is 29.9 Å². The third kappa shape index (κ3) is 1.56. The summed E-state index contributed by atoms with van der Waals surface area (Å²) in [6, 6.07) is 0. The lowest BCUT2D eigenvalue weighted by Crippen LogP contribution is -2.61. The molecule has 8 nitrogen and oxygen atoms in total. The van der Waals surface area contributed by atoms with Gasteiger partial charge in [-0.3, -0.25) is 14.9 Å². The maximum absolute atomic E-state index is 11.6. The number of nitro groups is 1. The van der Waals surface area contributed by atoms with Crippen LogP contribution in [0.3, 0.4) is 0 Å². The summed E-state index contributed by atoms with van der Waals surface area (Å²) < 4.78 is 4.99. The predicted molar refractivity (Wildman–Crippen MR) is 60.1 cm³/mol. The van der Waals surface area contributed by atoms with Gasteiger partial charge in [0, 0.05) is 11.3 Å². The van der Waals surface area contributed by atoms with Crippen molar-refractivity contribution >= 4 is 11.9 Å². The Hall–Kier alpha value is -1.96. The van der Waals surface area contributed by atoms with E-state index in [0.717, 1.165) is 0 Å². The van der Waals surface area contributed by atoms with E-state index in [0.29, 0.717) is 0 Å². The van der Waals surface area contributed by atoms with Crippen molar-refractivity contribution in [1.82, 2.24) is 0 Å². The van der Waals surface area contributed by atoms with Gasteiger partial charge in [0.1, 0.15) is 11.5 Å². The molecule has 4 atom stereocenters. The third-order valence-electron chi connectivity index (χ3n) is 4.19. The van der Waals surface area contributed by atoms with Crippen LogP contribution in [-0.2, 0) is 14.3 Å². The Balaban J connectivity index is 2.58. The molecule has 8 heteroatoms. The highest BCUT2D eigenvalue weighted by atomic mass is 16.6. The molecule has 104 valence electrons. The second-order valence-corrected chi connectivity index (χ2v) is 4.87. The summed E-state index contributed by atoms with van der Waals surface area (Å²) in [4.78, 5) is 33.3. The van der Waals surface area contributed by atoms with Gasteiger partial charge in [-0.1, -0.05) is 19.1 Å². The van der Waals surface area contributed by atoms with Crippen molar-refractivity contribution in [1.29, 1.82) is 0 Å². The first-order valence-corrected chi connectivity index (χ1v) is 5.70. The molecule has 0 aromatic heterocycles. The second-order valence-electron chi connectivity index (χ2n) is 4.87. The van der Waals surface area contributed by atoms with Crippen molar-refractivity contribution in [2.75, 3.05) is 6.61 Å². The van der Waals surface area contributed by atoms with E-state index in [1.165, 1.54) is 19.1 Å². The molecule has 3 unspecified atom stereocenters. The highest BCUT2D eigenvalue weighted by molar-refractivity contribution is 5.84. The lowest BCUT2D eigenvalue weighted by Gasteiger charge is -2.39. The van der Waals surface area contributed by atoms with Crippen LogP contribution in [0.2, 0.25) is 0 Å². The average molecular weight is 271 g/mol. The monoisotopic (exact) mass is 271 g/mol. The highest BCUT2D eigenvalue weighted by Gasteiger charge is 2.69. The number of carboxylic acid groups (broad SMARTS) is 2. The normalized spacial score (nSPS) is 40.7. The predicted octanol–water partition coefficient (Wildman–Crippen LogP) is 0.152. The van der Waals surface area contributed by atoms with Gasteiger partial charge in [0.2, 0.25) is 0 Å². The molecule has 1 fully saturated rings. The number of carboxylic acids is 2. The molecule has 0 aromatic rings. The molecule has 0 aromatic carbocycles. The maximum atomic E-state index is 11.6. The van der Waals surface area contributed by atoms with Crippen LogP contribution >= 0.6 is 0 Å². The van der Waals surface area contributed by atoms with Gasteiger partial charge in [-0.2, -0.15) is 0 Å². The Bertz CT molecular complexity index is 467. The first-order chi connectivity index (χ1) is 8.80. The highest BCUT2D eigenvalue weighted by Crippen LogP contribution is 2.50. The molecular weight excluding hydrogens is 258 g/mol. The van der Waals surface area contributed by atoms with Crippen molar-refractivity contribution < 1.29 is 29.5 Å². The second kappa shape index (κ2) is 4.02. The lowest BCUT2D eigenvalue weighted by atomic mass is 9.60. The number of hydrogen-bond donors (Lipinski definition) is 2. The minimum absolute atomic E-state index is 0.161. The Kier molecular flexibility index (Phi) is 2.85. The Morgan fingerprint density at radius 3 is 2.37 bits per heavy atom. The van der Waals surface area contributed by atoms with Crippen LogP contribution in [0.15, 0.2) is 12.2 Å². The molecule has 0 radical (unpaired) electrons. The van der Waals surface area contributed by atoms with Gasteiger partial charge in [-0.05, 0) is 0 Å². The molecule has 1 heterocycles. The molecule has 0 bridgehead atoms. The fraction of sp³-hybridized carbons (Fsp3) is 0.636.